The second-order valence-electron chi connectivity index (χ2n) is 11.5. The van der Waals surface area contributed by atoms with Crippen LogP contribution in [0.3, 0.4) is 0 Å². The van der Waals surface area contributed by atoms with Crippen molar-refractivity contribution in [3.8, 4) is 11.1 Å². The monoisotopic (exact) mass is 553 g/mol. The molecule has 1 aliphatic heterocycles. The van der Waals surface area contributed by atoms with E-state index < -0.39 is 17.6 Å². The number of carboxylic acids is 1. The van der Waals surface area contributed by atoms with E-state index in [1.807, 2.05) is 54.6 Å². The number of amides is 2. The predicted molar refractivity (Wildman–Crippen MR) is 154 cm³/mol. The van der Waals surface area contributed by atoms with Crippen LogP contribution >= 0.6 is 0 Å². The fraction of sp³-hybridized carbons (Fsp3) is 0.364. The molecule has 2 aliphatic carbocycles. The summed E-state index contributed by atoms with van der Waals surface area (Å²) in [6.45, 7) is 1.73. The highest BCUT2D eigenvalue weighted by molar-refractivity contribution is 5.89. The lowest BCUT2D eigenvalue weighted by atomic mass is 9.96. The van der Waals surface area contributed by atoms with Crippen LogP contribution in [-0.2, 0) is 20.9 Å². The Morgan fingerprint density at radius 2 is 1.56 bits per heavy atom. The molecule has 8 nitrogen and oxygen atoms in total. The van der Waals surface area contributed by atoms with Crippen LogP contribution in [-0.4, -0.2) is 59.3 Å². The lowest BCUT2D eigenvalue weighted by molar-refractivity contribution is -0.147. The van der Waals surface area contributed by atoms with Crippen molar-refractivity contribution in [1.82, 2.24) is 15.5 Å². The number of fused-ring (bicyclic) bond motifs is 3. The van der Waals surface area contributed by atoms with E-state index in [1.165, 1.54) is 11.1 Å². The molecule has 212 valence electrons. The molecule has 1 unspecified atom stereocenters. The largest absolute Gasteiger partial charge is 0.479 e. The molecule has 1 saturated carbocycles. The van der Waals surface area contributed by atoms with Gasteiger partial charge in [-0.2, -0.15) is 0 Å². The van der Waals surface area contributed by atoms with E-state index in [-0.39, 0.29) is 36.9 Å². The molecule has 2 amide bonds. The molecule has 1 saturated heterocycles. The van der Waals surface area contributed by atoms with Crippen LogP contribution in [0.2, 0.25) is 0 Å². The van der Waals surface area contributed by atoms with Gasteiger partial charge in [0.05, 0.1) is 0 Å². The van der Waals surface area contributed by atoms with E-state index in [2.05, 4.69) is 39.8 Å². The zero-order chi connectivity index (χ0) is 28.4. The van der Waals surface area contributed by atoms with Crippen LogP contribution in [0.25, 0.3) is 11.1 Å². The molecule has 3 aliphatic rings. The van der Waals surface area contributed by atoms with Crippen molar-refractivity contribution in [1.29, 1.82) is 0 Å². The lowest BCUT2D eigenvalue weighted by Gasteiger charge is -2.28. The molecule has 41 heavy (non-hydrogen) atoms. The van der Waals surface area contributed by atoms with E-state index in [4.69, 9.17) is 4.74 Å². The smallest absolute Gasteiger partial charge is 0.407 e. The summed E-state index contributed by atoms with van der Waals surface area (Å²) in [6, 6.07) is 26.1. The number of nitrogens with one attached hydrogen (secondary N) is 2. The van der Waals surface area contributed by atoms with Gasteiger partial charge in [0.2, 0.25) is 5.91 Å². The topological polar surface area (TPSA) is 108 Å². The number of benzene rings is 3. The van der Waals surface area contributed by atoms with Gasteiger partial charge in [0, 0.05) is 37.5 Å². The Balaban J connectivity index is 1.01. The molecule has 1 heterocycles. The molecule has 0 spiro atoms. The first-order valence-corrected chi connectivity index (χ1v) is 14.3. The van der Waals surface area contributed by atoms with Crippen LogP contribution in [0.5, 0.6) is 0 Å². The Morgan fingerprint density at radius 3 is 2.24 bits per heavy atom. The Hall–Kier alpha value is -4.17. The van der Waals surface area contributed by atoms with E-state index in [0.717, 1.165) is 16.7 Å². The third-order valence-corrected chi connectivity index (χ3v) is 8.84. The average molecular weight is 554 g/mol. The molecule has 3 aromatic rings. The number of nitrogens with zero attached hydrogens (tertiary/aromatic N) is 1. The summed E-state index contributed by atoms with van der Waals surface area (Å²) in [4.78, 5) is 40.3. The van der Waals surface area contributed by atoms with Gasteiger partial charge in [0.15, 0.2) is 5.54 Å². The summed E-state index contributed by atoms with van der Waals surface area (Å²) in [5.41, 5.74) is 4.46. The molecule has 0 aromatic heterocycles. The number of carbonyl (C=O) groups is 3. The summed E-state index contributed by atoms with van der Waals surface area (Å²) in [6.07, 6.45) is 1.55. The Kier molecular flexibility index (Phi) is 7.49. The van der Waals surface area contributed by atoms with E-state index in [1.54, 1.807) is 0 Å². The number of aliphatic carboxylic acids is 1. The molecule has 2 fully saturated rings. The van der Waals surface area contributed by atoms with Gasteiger partial charge in [-0.3, -0.25) is 9.69 Å². The highest BCUT2D eigenvalue weighted by Gasteiger charge is 2.47. The minimum absolute atomic E-state index is 0.0182. The van der Waals surface area contributed by atoms with Crippen LogP contribution in [0, 0.1) is 5.92 Å². The lowest BCUT2D eigenvalue weighted by Crippen LogP contribution is -2.57. The zero-order valence-electron chi connectivity index (χ0n) is 22.9. The van der Waals surface area contributed by atoms with Crippen LogP contribution in [0.15, 0.2) is 78.9 Å². The maximum Gasteiger partial charge on any atom is 0.407 e. The first-order valence-electron chi connectivity index (χ1n) is 14.3. The third-order valence-electron chi connectivity index (χ3n) is 8.84. The van der Waals surface area contributed by atoms with Gasteiger partial charge < -0.3 is 20.5 Å². The molecule has 3 aromatic carbocycles. The minimum atomic E-state index is -1.30. The summed E-state index contributed by atoms with van der Waals surface area (Å²) in [7, 11) is 0. The average Bonchev–Trinajstić information content (AvgIpc) is 3.69. The van der Waals surface area contributed by atoms with Crippen molar-refractivity contribution >= 4 is 18.0 Å². The number of alkyl carbamates (subject to hydrolysis) is 1. The summed E-state index contributed by atoms with van der Waals surface area (Å²) in [5, 5.41) is 15.9. The normalized spacial score (nSPS) is 23.5. The van der Waals surface area contributed by atoms with Gasteiger partial charge in [0.25, 0.3) is 0 Å². The number of carboxylic acid groups (broad SMARTS) is 1. The number of ether oxygens (including phenoxy) is 1. The van der Waals surface area contributed by atoms with Gasteiger partial charge in [-0.15, -0.1) is 0 Å². The highest BCUT2D eigenvalue weighted by atomic mass is 16.5. The Morgan fingerprint density at radius 1 is 0.902 bits per heavy atom. The van der Waals surface area contributed by atoms with Crippen molar-refractivity contribution in [2.24, 2.45) is 5.92 Å². The van der Waals surface area contributed by atoms with Gasteiger partial charge in [0.1, 0.15) is 6.61 Å². The summed E-state index contributed by atoms with van der Waals surface area (Å²) in [5.74, 6) is -1.64. The first-order chi connectivity index (χ1) is 19.9. The predicted octanol–water partition coefficient (Wildman–Crippen LogP) is 4.54. The maximum absolute atomic E-state index is 13.2. The van der Waals surface area contributed by atoms with Crippen LogP contribution in [0.1, 0.15) is 48.3 Å². The number of rotatable bonds is 8. The van der Waals surface area contributed by atoms with Crippen molar-refractivity contribution in [2.45, 2.75) is 49.7 Å². The standard InChI is InChI=1S/C33H35N3O5/c37-30(35-33(31(38)39)16-17-36(21-33)19-22-8-2-1-3-9-22)23-14-15-24(18-23)34-32(40)41-20-29-27-12-6-4-10-25(27)26-11-5-7-13-28(26)29/h1-13,23-24,29H,14-21H2,(H,34,40)(H,35,37)(H,38,39)/t23-,24+,33?/m0/s1. The summed E-state index contributed by atoms with van der Waals surface area (Å²) >= 11 is 0. The second-order valence-corrected chi connectivity index (χ2v) is 11.5. The molecule has 6 rings (SSSR count). The maximum atomic E-state index is 13.2. The van der Waals surface area contributed by atoms with E-state index in [0.29, 0.717) is 38.8 Å². The second kappa shape index (κ2) is 11.4. The van der Waals surface area contributed by atoms with Crippen molar-refractivity contribution in [3.63, 3.8) is 0 Å². The van der Waals surface area contributed by atoms with E-state index in [9.17, 15) is 19.5 Å². The van der Waals surface area contributed by atoms with Gasteiger partial charge in [-0.1, -0.05) is 78.9 Å². The third kappa shape index (κ3) is 5.57. The van der Waals surface area contributed by atoms with Crippen molar-refractivity contribution < 1.29 is 24.2 Å². The molecular formula is C33H35N3O5. The van der Waals surface area contributed by atoms with Gasteiger partial charge in [-0.25, -0.2) is 9.59 Å². The number of hydrogen-bond donors (Lipinski definition) is 3. The Labute approximate surface area is 239 Å². The van der Waals surface area contributed by atoms with Crippen LogP contribution in [0.4, 0.5) is 4.79 Å². The van der Waals surface area contributed by atoms with E-state index >= 15 is 0 Å². The zero-order valence-corrected chi connectivity index (χ0v) is 22.9. The van der Waals surface area contributed by atoms with Gasteiger partial charge in [-0.05, 0) is 53.5 Å². The SMILES string of the molecule is O=C(N[C@@H]1CC[C@H](C(=O)NC2(C(=O)O)CCN(Cc3ccccc3)C2)C1)OCC1c2ccccc2-c2ccccc21. The molecule has 0 radical (unpaired) electrons. The number of carbonyl (C=O) groups excluding carboxylic acids is 2. The molecule has 0 bridgehead atoms. The molecule has 3 N–H and O–H groups in total. The fourth-order valence-electron chi connectivity index (χ4n) is 6.69. The minimum Gasteiger partial charge on any atom is -0.479 e. The molecule has 3 atom stereocenters. The summed E-state index contributed by atoms with van der Waals surface area (Å²) < 4.78 is 5.68. The van der Waals surface area contributed by atoms with Crippen LogP contribution < -0.4 is 10.6 Å². The quantitative estimate of drug-likeness (QED) is 0.378. The molecule has 8 heteroatoms. The van der Waals surface area contributed by atoms with Crippen molar-refractivity contribution in [2.75, 3.05) is 19.7 Å². The molecular weight excluding hydrogens is 518 g/mol. The highest BCUT2D eigenvalue weighted by Crippen LogP contribution is 2.44. The Bertz CT molecular complexity index is 1400. The first kappa shape index (κ1) is 27.0. The van der Waals surface area contributed by atoms with Gasteiger partial charge >= 0.3 is 12.1 Å². The van der Waals surface area contributed by atoms with Crippen molar-refractivity contribution in [3.05, 3.63) is 95.6 Å². The number of likely N-dealkylation sites (tertiary alicyclic amines) is 1. The number of hydrogen-bond acceptors (Lipinski definition) is 5. The fourth-order valence-corrected chi connectivity index (χ4v) is 6.69.